The van der Waals surface area contributed by atoms with E-state index < -0.39 is 24.0 Å². The molecule has 136 valence electrons. The molecule has 1 heterocycles. The maximum Gasteiger partial charge on any atom is 0.323 e. The molecule has 1 aliphatic carbocycles. The van der Waals surface area contributed by atoms with Gasteiger partial charge in [-0.15, -0.1) is 0 Å². The number of aliphatic carboxylic acids is 1. The van der Waals surface area contributed by atoms with Gasteiger partial charge in [-0.25, -0.2) is 0 Å². The lowest BCUT2D eigenvalue weighted by Crippen LogP contribution is -2.38. The van der Waals surface area contributed by atoms with E-state index in [2.05, 4.69) is 4.98 Å². The molecule has 0 spiro atoms. The molecule has 0 saturated heterocycles. The highest BCUT2D eigenvalue weighted by Crippen LogP contribution is 2.19. The lowest BCUT2D eigenvalue weighted by Gasteiger charge is -2.21. The first-order chi connectivity index (χ1) is 12.5. The number of hydrogen-bond acceptors (Lipinski definition) is 3. The van der Waals surface area contributed by atoms with Crippen LogP contribution in [0.1, 0.15) is 46.4 Å². The van der Waals surface area contributed by atoms with Crippen molar-refractivity contribution >= 4 is 11.9 Å². The average molecular weight is 354 g/mol. The van der Waals surface area contributed by atoms with E-state index in [4.69, 9.17) is 0 Å². The number of benzene rings is 1. The van der Waals surface area contributed by atoms with Crippen molar-refractivity contribution in [2.75, 3.05) is 6.54 Å². The smallest absolute Gasteiger partial charge is 0.323 e. The number of carboxylic acid groups (broad SMARTS) is 1. The van der Waals surface area contributed by atoms with Crippen molar-refractivity contribution in [1.82, 2.24) is 9.88 Å². The van der Waals surface area contributed by atoms with Crippen LogP contribution in [0.3, 0.4) is 0 Å². The van der Waals surface area contributed by atoms with Crippen molar-refractivity contribution in [3.8, 4) is 0 Å². The van der Waals surface area contributed by atoms with Crippen molar-refractivity contribution in [3.05, 3.63) is 69.1 Å². The number of H-pyrrole nitrogens is 1. The molecule has 0 fully saturated rings. The third-order valence-electron chi connectivity index (χ3n) is 4.65. The number of carbonyl (C=O) groups is 2. The number of nitrogens with zero attached hydrogens (tertiary/aromatic N) is 1. The summed E-state index contributed by atoms with van der Waals surface area (Å²) in [5, 5.41) is 9.18. The topological polar surface area (TPSA) is 90.5 Å². The highest BCUT2D eigenvalue weighted by atomic mass is 16.4. The van der Waals surface area contributed by atoms with Crippen LogP contribution in [-0.4, -0.2) is 33.4 Å². The SMILES string of the molecule is O=C(O)CN(Cc1ccccc1)C(=O)c1cc2c([nH]c1=O)CCCCC2. The zero-order chi connectivity index (χ0) is 18.5. The van der Waals surface area contributed by atoms with E-state index in [1.165, 1.54) is 4.90 Å². The molecule has 0 unspecified atom stereocenters. The standard InChI is InChI=1S/C20H22N2O4/c23-18(24)13-22(12-14-7-3-1-4-8-14)20(26)16-11-15-9-5-2-6-10-17(15)21-19(16)25/h1,3-4,7-8,11H,2,5-6,9-10,12-13H2,(H,21,25)(H,23,24). The number of rotatable bonds is 5. The second-order valence-electron chi connectivity index (χ2n) is 6.62. The number of nitrogens with one attached hydrogen (secondary N) is 1. The lowest BCUT2D eigenvalue weighted by atomic mass is 10.1. The van der Waals surface area contributed by atoms with Gasteiger partial charge in [0.1, 0.15) is 12.1 Å². The summed E-state index contributed by atoms with van der Waals surface area (Å²) < 4.78 is 0. The first-order valence-corrected chi connectivity index (χ1v) is 8.84. The van der Waals surface area contributed by atoms with Gasteiger partial charge in [0.2, 0.25) is 0 Å². The minimum absolute atomic E-state index is 0.0165. The van der Waals surface area contributed by atoms with Crippen molar-refractivity contribution < 1.29 is 14.7 Å². The van der Waals surface area contributed by atoms with Gasteiger partial charge in [0.05, 0.1) is 0 Å². The Labute approximate surface area is 151 Å². The number of fused-ring (bicyclic) bond motifs is 1. The number of aromatic nitrogens is 1. The minimum Gasteiger partial charge on any atom is -0.480 e. The summed E-state index contributed by atoms with van der Waals surface area (Å²) in [7, 11) is 0. The third kappa shape index (κ3) is 4.20. The van der Waals surface area contributed by atoms with Crippen LogP contribution < -0.4 is 5.56 Å². The van der Waals surface area contributed by atoms with Crippen LogP contribution in [0.25, 0.3) is 0 Å². The molecule has 2 N–H and O–H groups in total. The van der Waals surface area contributed by atoms with E-state index in [0.29, 0.717) is 0 Å². The maximum atomic E-state index is 12.9. The summed E-state index contributed by atoms with van der Waals surface area (Å²) >= 11 is 0. The average Bonchev–Trinajstić information content (AvgIpc) is 2.85. The molecule has 0 aliphatic heterocycles. The molecule has 1 aromatic carbocycles. The van der Waals surface area contributed by atoms with E-state index in [1.54, 1.807) is 6.07 Å². The summed E-state index contributed by atoms with van der Waals surface area (Å²) in [6.07, 6.45) is 4.77. The highest BCUT2D eigenvalue weighted by molar-refractivity contribution is 5.95. The molecule has 0 radical (unpaired) electrons. The summed E-state index contributed by atoms with van der Waals surface area (Å²) in [5.74, 6) is -1.66. The molecule has 0 saturated carbocycles. The summed E-state index contributed by atoms with van der Waals surface area (Å²) in [6, 6.07) is 10.8. The quantitative estimate of drug-likeness (QED) is 0.807. The molecular formula is C20H22N2O4. The number of carboxylic acids is 1. The van der Waals surface area contributed by atoms with Crippen molar-refractivity contribution in [1.29, 1.82) is 0 Å². The van der Waals surface area contributed by atoms with Gasteiger partial charge in [0.25, 0.3) is 11.5 Å². The first kappa shape index (κ1) is 17.9. The fourth-order valence-corrected chi connectivity index (χ4v) is 3.35. The predicted octanol–water partition coefficient (Wildman–Crippen LogP) is 2.37. The number of hydrogen-bond donors (Lipinski definition) is 2. The number of aromatic amines is 1. The number of carbonyl (C=O) groups excluding carboxylic acids is 1. The van der Waals surface area contributed by atoms with E-state index in [9.17, 15) is 19.5 Å². The minimum atomic E-state index is -1.11. The molecule has 6 heteroatoms. The van der Waals surface area contributed by atoms with Gasteiger partial charge in [-0.05, 0) is 42.9 Å². The molecular weight excluding hydrogens is 332 g/mol. The van der Waals surface area contributed by atoms with Gasteiger partial charge in [-0.1, -0.05) is 36.8 Å². The Morgan fingerprint density at radius 1 is 1.08 bits per heavy atom. The van der Waals surface area contributed by atoms with Crippen LogP contribution in [0.5, 0.6) is 0 Å². The monoisotopic (exact) mass is 354 g/mol. The number of amides is 1. The van der Waals surface area contributed by atoms with Crippen LogP contribution >= 0.6 is 0 Å². The summed E-state index contributed by atoms with van der Waals surface area (Å²) in [4.78, 5) is 40.6. The Kier molecular flexibility index (Phi) is 5.51. The van der Waals surface area contributed by atoms with Gasteiger partial charge in [-0.2, -0.15) is 0 Å². The molecule has 2 aromatic rings. The number of pyridine rings is 1. The zero-order valence-electron chi connectivity index (χ0n) is 14.5. The normalized spacial score (nSPS) is 13.5. The fraction of sp³-hybridized carbons (Fsp3) is 0.350. The maximum absolute atomic E-state index is 12.9. The second kappa shape index (κ2) is 7.99. The molecule has 0 bridgehead atoms. The summed E-state index contributed by atoms with van der Waals surface area (Å²) in [5.41, 5.74) is 2.27. The molecule has 26 heavy (non-hydrogen) atoms. The fourth-order valence-electron chi connectivity index (χ4n) is 3.35. The van der Waals surface area contributed by atoms with E-state index in [-0.39, 0.29) is 12.1 Å². The van der Waals surface area contributed by atoms with E-state index >= 15 is 0 Å². The van der Waals surface area contributed by atoms with Crippen LogP contribution in [0.15, 0.2) is 41.2 Å². The Morgan fingerprint density at radius 3 is 2.54 bits per heavy atom. The Morgan fingerprint density at radius 2 is 1.81 bits per heavy atom. The molecule has 6 nitrogen and oxygen atoms in total. The van der Waals surface area contributed by atoms with Crippen LogP contribution in [-0.2, 0) is 24.2 Å². The molecule has 1 amide bonds. The third-order valence-corrected chi connectivity index (χ3v) is 4.65. The van der Waals surface area contributed by atoms with Crippen LogP contribution in [0.4, 0.5) is 0 Å². The van der Waals surface area contributed by atoms with Gasteiger partial charge in [-0.3, -0.25) is 14.4 Å². The van der Waals surface area contributed by atoms with Gasteiger partial charge >= 0.3 is 5.97 Å². The van der Waals surface area contributed by atoms with Gasteiger partial charge in [0, 0.05) is 12.2 Å². The van der Waals surface area contributed by atoms with Crippen molar-refractivity contribution in [2.45, 2.75) is 38.6 Å². The van der Waals surface area contributed by atoms with Crippen molar-refractivity contribution in [2.24, 2.45) is 0 Å². The molecule has 0 atom stereocenters. The lowest BCUT2D eigenvalue weighted by molar-refractivity contribution is -0.137. The van der Waals surface area contributed by atoms with E-state index in [1.807, 2.05) is 30.3 Å². The molecule has 1 aromatic heterocycles. The zero-order valence-corrected chi connectivity index (χ0v) is 14.5. The number of aryl methyl sites for hydroxylation is 2. The Balaban J connectivity index is 1.92. The van der Waals surface area contributed by atoms with Gasteiger partial charge in [0.15, 0.2) is 0 Å². The predicted molar refractivity (Wildman–Crippen MR) is 97.1 cm³/mol. The molecule has 3 rings (SSSR count). The highest BCUT2D eigenvalue weighted by Gasteiger charge is 2.23. The van der Waals surface area contributed by atoms with Crippen molar-refractivity contribution in [3.63, 3.8) is 0 Å². The van der Waals surface area contributed by atoms with Gasteiger partial charge < -0.3 is 15.0 Å². The second-order valence-corrected chi connectivity index (χ2v) is 6.62. The first-order valence-electron chi connectivity index (χ1n) is 8.84. The largest absolute Gasteiger partial charge is 0.480 e. The Hall–Kier alpha value is -2.89. The molecule has 1 aliphatic rings. The van der Waals surface area contributed by atoms with E-state index in [0.717, 1.165) is 48.9 Å². The van der Waals surface area contributed by atoms with Crippen LogP contribution in [0, 0.1) is 0 Å². The van der Waals surface area contributed by atoms with Crippen LogP contribution in [0.2, 0.25) is 0 Å². The Bertz CT molecular complexity index is 858. The summed E-state index contributed by atoms with van der Waals surface area (Å²) in [6.45, 7) is -0.313.